The molecule has 5 heteroatoms. The number of aromatic nitrogens is 1. The molecule has 1 heterocycles. The van der Waals surface area contributed by atoms with Crippen LogP contribution in [0.5, 0.6) is 5.75 Å². The average Bonchev–Trinajstić information content (AvgIpc) is 3.08. The third-order valence-electron chi connectivity index (χ3n) is 4.73. The van der Waals surface area contributed by atoms with Gasteiger partial charge in [0.2, 0.25) is 5.91 Å². The molecule has 140 valence electrons. The fraction of sp³-hybridized carbons (Fsp3) is 0.273. The van der Waals surface area contributed by atoms with Gasteiger partial charge in [-0.25, -0.2) is 4.98 Å². The van der Waals surface area contributed by atoms with Crippen molar-refractivity contribution in [3.8, 4) is 5.75 Å². The second-order valence-electron chi connectivity index (χ2n) is 7.09. The minimum atomic E-state index is -0.685. The van der Waals surface area contributed by atoms with Crippen molar-refractivity contribution in [1.29, 1.82) is 0 Å². The van der Waals surface area contributed by atoms with Gasteiger partial charge < -0.3 is 10.1 Å². The summed E-state index contributed by atoms with van der Waals surface area (Å²) in [5.41, 5.74) is 2.38. The van der Waals surface area contributed by atoms with Crippen LogP contribution >= 0.6 is 11.3 Å². The van der Waals surface area contributed by atoms with Crippen LogP contribution in [0.4, 0.5) is 5.13 Å². The van der Waals surface area contributed by atoms with Gasteiger partial charge in [0.1, 0.15) is 5.75 Å². The van der Waals surface area contributed by atoms with E-state index in [1.165, 1.54) is 11.3 Å². The predicted octanol–water partition coefficient (Wildman–Crippen LogP) is 5.26. The van der Waals surface area contributed by atoms with Crippen molar-refractivity contribution in [3.63, 3.8) is 0 Å². The number of aryl methyl sites for hydroxylation is 1. The van der Waals surface area contributed by atoms with Gasteiger partial charge in [-0.15, -0.1) is 11.3 Å². The molecule has 1 N–H and O–H groups in total. The number of ether oxygens (including phenoxy) is 1. The highest BCUT2D eigenvalue weighted by atomic mass is 32.1. The van der Waals surface area contributed by atoms with Gasteiger partial charge in [0, 0.05) is 11.3 Å². The third kappa shape index (κ3) is 4.19. The van der Waals surface area contributed by atoms with E-state index in [0.717, 1.165) is 22.6 Å². The van der Waals surface area contributed by atoms with Crippen LogP contribution in [0, 0.1) is 12.3 Å². The van der Waals surface area contributed by atoms with E-state index in [4.69, 9.17) is 4.74 Å². The number of carbonyl (C=O) groups is 1. The number of hydrogen-bond donors (Lipinski definition) is 1. The first-order valence-corrected chi connectivity index (χ1v) is 9.72. The van der Waals surface area contributed by atoms with E-state index in [2.05, 4.69) is 22.4 Å². The maximum Gasteiger partial charge on any atom is 0.232 e. The number of nitrogens with one attached hydrogen (secondary N) is 1. The molecule has 0 bridgehead atoms. The number of rotatable bonds is 6. The summed E-state index contributed by atoms with van der Waals surface area (Å²) in [4.78, 5) is 17.5. The van der Waals surface area contributed by atoms with Crippen molar-refractivity contribution in [1.82, 2.24) is 4.98 Å². The first-order chi connectivity index (χ1) is 12.9. The number of anilines is 1. The standard InChI is InChI=1S/C22H24N2O2S/c1-15-14-27-21(23-15)24-20(25)22(2,3)19(16-8-6-5-7-9-16)17-10-12-18(26-4)13-11-17/h5-14,19H,1-4H3,(H,23,24,25)/t19-/m0/s1. The van der Waals surface area contributed by atoms with E-state index in [1.54, 1.807) is 7.11 Å². The Morgan fingerprint density at radius 3 is 2.26 bits per heavy atom. The SMILES string of the molecule is COc1ccc([C@H](c2ccccc2)C(C)(C)C(=O)Nc2nc(C)cs2)cc1. The molecular weight excluding hydrogens is 356 g/mol. The van der Waals surface area contributed by atoms with Crippen LogP contribution in [0.15, 0.2) is 60.0 Å². The molecule has 4 nitrogen and oxygen atoms in total. The number of thiazole rings is 1. The molecule has 3 rings (SSSR count). The second kappa shape index (κ2) is 7.92. The molecule has 1 amide bonds. The lowest BCUT2D eigenvalue weighted by atomic mass is 9.70. The van der Waals surface area contributed by atoms with Gasteiger partial charge in [-0.2, -0.15) is 0 Å². The van der Waals surface area contributed by atoms with Crippen LogP contribution in [0.2, 0.25) is 0 Å². The summed E-state index contributed by atoms with van der Waals surface area (Å²) in [5, 5.41) is 5.55. The summed E-state index contributed by atoms with van der Waals surface area (Å²) < 4.78 is 5.28. The zero-order valence-corrected chi connectivity index (χ0v) is 16.8. The summed E-state index contributed by atoms with van der Waals surface area (Å²) in [6.07, 6.45) is 0. The normalized spacial score (nSPS) is 12.4. The van der Waals surface area contributed by atoms with Crippen LogP contribution in [-0.4, -0.2) is 18.0 Å². The van der Waals surface area contributed by atoms with E-state index >= 15 is 0 Å². The van der Waals surface area contributed by atoms with Crippen LogP contribution in [0.3, 0.4) is 0 Å². The molecule has 0 saturated carbocycles. The number of amides is 1. The molecule has 0 spiro atoms. The van der Waals surface area contributed by atoms with Gasteiger partial charge in [0.05, 0.1) is 18.2 Å². The van der Waals surface area contributed by atoms with E-state index in [9.17, 15) is 4.79 Å². The minimum Gasteiger partial charge on any atom is -0.497 e. The van der Waals surface area contributed by atoms with E-state index in [1.807, 2.05) is 68.6 Å². The molecule has 0 fully saturated rings. The summed E-state index contributed by atoms with van der Waals surface area (Å²) >= 11 is 1.44. The molecule has 0 unspecified atom stereocenters. The van der Waals surface area contributed by atoms with E-state index in [-0.39, 0.29) is 11.8 Å². The maximum atomic E-state index is 13.2. The third-order valence-corrected chi connectivity index (χ3v) is 5.60. The largest absolute Gasteiger partial charge is 0.497 e. The number of nitrogens with zero attached hydrogens (tertiary/aromatic N) is 1. The summed E-state index contributed by atoms with van der Waals surface area (Å²) in [6, 6.07) is 18.0. The number of hydrogen-bond acceptors (Lipinski definition) is 4. The fourth-order valence-electron chi connectivity index (χ4n) is 3.27. The fourth-order valence-corrected chi connectivity index (χ4v) is 3.95. The monoisotopic (exact) mass is 380 g/mol. The van der Waals surface area contributed by atoms with Crippen molar-refractivity contribution in [2.45, 2.75) is 26.7 Å². The molecule has 27 heavy (non-hydrogen) atoms. The van der Waals surface area contributed by atoms with Gasteiger partial charge in [0.15, 0.2) is 5.13 Å². The highest BCUT2D eigenvalue weighted by Gasteiger charge is 2.39. The Morgan fingerprint density at radius 2 is 1.70 bits per heavy atom. The molecule has 1 aromatic heterocycles. The zero-order valence-electron chi connectivity index (χ0n) is 16.0. The Balaban J connectivity index is 1.98. The molecule has 1 atom stereocenters. The average molecular weight is 381 g/mol. The van der Waals surface area contributed by atoms with Crippen molar-refractivity contribution >= 4 is 22.4 Å². The van der Waals surface area contributed by atoms with Gasteiger partial charge in [-0.1, -0.05) is 56.3 Å². The predicted molar refractivity (Wildman–Crippen MR) is 111 cm³/mol. The van der Waals surface area contributed by atoms with Crippen molar-refractivity contribution in [3.05, 3.63) is 76.8 Å². The highest BCUT2D eigenvalue weighted by molar-refractivity contribution is 7.13. The number of methoxy groups -OCH3 is 1. The summed E-state index contributed by atoms with van der Waals surface area (Å²) in [6.45, 7) is 5.87. The Kier molecular flexibility index (Phi) is 5.61. The Hall–Kier alpha value is -2.66. The van der Waals surface area contributed by atoms with Crippen LogP contribution < -0.4 is 10.1 Å². The summed E-state index contributed by atoms with van der Waals surface area (Å²) in [5.74, 6) is 0.637. The first-order valence-electron chi connectivity index (χ1n) is 8.84. The Labute approximate surface area is 164 Å². The van der Waals surface area contributed by atoms with E-state index < -0.39 is 5.41 Å². The molecule has 0 aliphatic carbocycles. The molecule has 0 saturated heterocycles. The lowest BCUT2D eigenvalue weighted by Crippen LogP contribution is -2.37. The quantitative estimate of drug-likeness (QED) is 0.635. The molecule has 0 aliphatic heterocycles. The van der Waals surface area contributed by atoms with E-state index in [0.29, 0.717) is 5.13 Å². The highest BCUT2D eigenvalue weighted by Crippen LogP contribution is 2.42. The van der Waals surface area contributed by atoms with Gasteiger partial charge >= 0.3 is 0 Å². The summed E-state index contributed by atoms with van der Waals surface area (Å²) in [7, 11) is 1.65. The zero-order chi connectivity index (χ0) is 19.4. The lowest BCUT2D eigenvalue weighted by Gasteiger charge is -2.33. The van der Waals surface area contributed by atoms with Crippen LogP contribution in [0.1, 0.15) is 36.6 Å². The molecule has 0 radical (unpaired) electrons. The topological polar surface area (TPSA) is 51.2 Å². The number of carbonyl (C=O) groups excluding carboxylic acids is 1. The smallest absolute Gasteiger partial charge is 0.232 e. The first kappa shape index (κ1) is 19.1. The van der Waals surface area contributed by atoms with Gasteiger partial charge in [0.25, 0.3) is 0 Å². The lowest BCUT2D eigenvalue weighted by molar-refractivity contribution is -0.124. The van der Waals surface area contributed by atoms with Crippen LogP contribution in [0.25, 0.3) is 0 Å². The van der Waals surface area contributed by atoms with Crippen molar-refractivity contribution in [2.75, 3.05) is 12.4 Å². The van der Waals surface area contributed by atoms with Gasteiger partial charge in [-0.3, -0.25) is 4.79 Å². The van der Waals surface area contributed by atoms with Crippen molar-refractivity contribution in [2.24, 2.45) is 5.41 Å². The second-order valence-corrected chi connectivity index (χ2v) is 7.94. The maximum absolute atomic E-state index is 13.2. The molecule has 3 aromatic rings. The van der Waals surface area contributed by atoms with Gasteiger partial charge in [-0.05, 0) is 30.2 Å². The van der Waals surface area contributed by atoms with Crippen LogP contribution in [-0.2, 0) is 4.79 Å². The van der Waals surface area contributed by atoms with Crippen molar-refractivity contribution < 1.29 is 9.53 Å². The Bertz CT molecular complexity index is 902. The molecule has 0 aliphatic rings. The molecule has 2 aromatic carbocycles. The Morgan fingerprint density at radius 1 is 1.07 bits per heavy atom. The number of benzene rings is 2. The minimum absolute atomic E-state index is 0.0541. The molecular formula is C22H24N2O2S.